The molecule has 2 aromatic heterocycles. The normalized spacial score (nSPS) is 13.7. The third kappa shape index (κ3) is 4.73. The summed E-state index contributed by atoms with van der Waals surface area (Å²) in [6, 6.07) is 1.75. The lowest BCUT2D eigenvalue weighted by Crippen LogP contribution is -2.37. The van der Waals surface area contributed by atoms with Crippen LogP contribution in [0.1, 0.15) is 12.5 Å². The summed E-state index contributed by atoms with van der Waals surface area (Å²) in [7, 11) is 0. The molecule has 1 fully saturated rings. The number of hydrogen-bond donors (Lipinski definition) is 2. The van der Waals surface area contributed by atoms with E-state index in [2.05, 4.69) is 20.0 Å². The van der Waals surface area contributed by atoms with E-state index in [0.29, 0.717) is 24.6 Å². The van der Waals surface area contributed by atoms with Crippen molar-refractivity contribution in [1.82, 2.24) is 19.7 Å². The van der Waals surface area contributed by atoms with Crippen LogP contribution in [0.2, 0.25) is 0 Å². The van der Waals surface area contributed by atoms with E-state index in [1.54, 1.807) is 12.3 Å². The topological polar surface area (TPSA) is 130 Å². The summed E-state index contributed by atoms with van der Waals surface area (Å²) in [4.78, 5) is 42.3. The molecule has 10 heteroatoms. The Balaban J connectivity index is 0.000000701. The van der Waals surface area contributed by atoms with Crippen molar-refractivity contribution in [3.05, 3.63) is 34.5 Å². The maximum Gasteiger partial charge on any atom is 0.290 e. The van der Waals surface area contributed by atoms with Crippen molar-refractivity contribution in [1.29, 1.82) is 0 Å². The van der Waals surface area contributed by atoms with Gasteiger partial charge in [-0.2, -0.15) is 0 Å². The molecule has 0 aromatic carbocycles. The molecule has 134 valence electrons. The molecule has 3 rings (SSSR count). The number of carbonyl (C=O) groups excluding carboxylic acids is 1. The smallest absolute Gasteiger partial charge is 0.290 e. The number of aromatic amines is 1. The number of ketones is 1. The Morgan fingerprint density at radius 1 is 1.36 bits per heavy atom. The summed E-state index contributed by atoms with van der Waals surface area (Å²) >= 11 is 0. The SMILES string of the molecule is CC(=O)Cc1c[nH]n(-c2cc(N3CCOCC3)ncn2)c1=O.O=CO. The summed E-state index contributed by atoms with van der Waals surface area (Å²) in [5.74, 6) is 1.15. The molecule has 2 aromatic rings. The van der Waals surface area contributed by atoms with Crippen LogP contribution in [-0.4, -0.2) is 63.4 Å². The molecule has 0 amide bonds. The molecule has 1 aliphatic rings. The zero-order valence-electron chi connectivity index (χ0n) is 13.7. The number of Topliss-reactive ketones (excluding diaryl/α,β-unsaturated/α-hetero) is 1. The van der Waals surface area contributed by atoms with E-state index in [-0.39, 0.29) is 24.2 Å². The average molecular weight is 349 g/mol. The number of carbonyl (C=O) groups is 2. The molecule has 0 saturated carbocycles. The molecule has 25 heavy (non-hydrogen) atoms. The quantitative estimate of drug-likeness (QED) is 0.715. The number of nitrogens with one attached hydrogen (secondary N) is 1. The Morgan fingerprint density at radius 3 is 2.64 bits per heavy atom. The van der Waals surface area contributed by atoms with Gasteiger partial charge >= 0.3 is 0 Å². The number of rotatable bonds is 4. The molecule has 0 unspecified atom stereocenters. The number of aromatic nitrogens is 4. The lowest BCUT2D eigenvalue weighted by atomic mass is 10.2. The van der Waals surface area contributed by atoms with Gasteiger partial charge < -0.3 is 14.7 Å². The Bertz CT molecular complexity index is 779. The van der Waals surface area contributed by atoms with Crippen LogP contribution in [0.25, 0.3) is 5.82 Å². The predicted octanol–water partition coefficient (Wildman–Crippen LogP) is -0.375. The zero-order chi connectivity index (χ0) is 18.2. The standard InChI is InChI=1S/C14H17N5O3.CH2O2/c1-10(20)6-11-8-17-19(14(11)21)13-7-12(15-9-16-13)18-2-4-22-5-3-18;2-1-3/h7-9,17H,2-6H2,1H3;1H,(H,2,3). The van der Waals surface area contributed by atoms with Gasteiger partial charge in [-0.05, 0) is 6.92 Å². The largest absolute Gasteiger partial charge is 0.483 e. The van der Waals surface area contributed by atoms with Crippen molar-refractivity contribution < 1.29 is 19.4 Å². The minimum absolute atomic E-state index is 0.0556. The van der Waals surface area contributed by atoms with Crippen molar-refractivity contribution in [2.45, 2.75) is 13.3 Å². The summed E-state index contributed by atoms with van der Waals surface area (Å²) in [5, 5.41) is 9.73. The highest BCUT2D eigenvalue weighted by Crippen LogP contribution is 2.14. The van der Waals surface area contributed by atoms with Gasteiger partial charge in [0.2, 0.25) is 0 Å². The summed E-state index contributed by atoms with van der Waals surface area (Å²) in [6.45, 7) is 4.03. The Morgan fingerprint density at radius 2 is 2.00 bits per heavy atom. The molecule has 3 heterocycles. The number of hydrogen-bond acceptors (Lipinski definition) is 7. The van der Waals surface area contributed by atoms with Crippen LogP contribution < -0.4 is 10.5 Å². The summed E-state index contributed by atoms with van der Waals surface area (Å²) < 4.78 is 6.64. The Labute approximate surface area is 143 Å². The van der Waals surface area contributed by atoms with Gasteiger partial charge in [-0.15, -0.1) is 0 Å². The van der Waals surface area contributed by atoms with Gasteiger partial charge in [0.1, 0.15) is 17.9 Å². The van der Waals surface area contributed by atoms with Gasteiger partial charge in [0.15, 0.2) is 5.82 Å². The molecule has 0 bridgehead atoms. The number of morpholine rings is 1. The number of carboxylic acid groups (broad SMARTS) is 1. The summed E-state index contributed by atoms with van der Waals surface area (Å²) in [5.41, 5.74) is 0.167. The van der Waals surface area contributed by atoms with Crippen molar-refractivity contribution in [2.24, 2.45) is 0 Å². The lowest BCUT2D eigenvalue weighted by Gasteiger charge is -2.27. The van der Waals surface area contributed by atoms with Crippen LogP contribution in [0.3, 0.4) is 0 Å². The van der Waals surface area contributed by atoms with Gasteiger partial charge in [-0.1, -0.05) is 0 Å². The predicted molar refractivity (Wildman–Crippen MR) is 88.1 cm³/mol. The van der Waals surface area contributed by atoms with E-state index < -0.39 is 0 Å². The number of anilines is 1. The van der Waals surface area contributed by atoms with Crippen LogP contribution >= 0.6 is 0 Å². The number of H-pyrrole nitrogens is 1. The first-order valence-electron chi connectivity index (χ1n) is 7.58. The highest BCUT2D eigenvalue weighted by Gasteiger charge is 2.15. The van der Waals surface area contributed by atoms with Gasteiger partial charge in [0, 0.05) is 37.3 Å². The first-order chi connectivity index (χ1) is 12.1. The molecule has 0 atom stereocenters. The molecule has 0 aliphatic carbocycles. The maximum absolute atomic E-state index is 12.3. The van der Waals surface area contributed by atoms with Crippen LogP contribution in [0, 0.1) is 0 Å². The van der Waals surface area contributed by atoms with Crippen molar-refractivity contribution in [2.75, 3.05) is 31.2 Å². The van der Waals surface area contributed by atoms with Crippen LogP contribution in [0.15, 0.2) is 23.4 Å². The van der Waals surface area contributed by atoms with Gasteiger partial charge in [-0.3, -0.25) is 19.5 Å². The minimum Gasteiger partial charge on any atom is -0.483 e. The van der Waals surface area contributed by atoms with E-state index in [1.807, 2.05) is 0 Å². The molecule has 1 aliphatic heterocycles. The molecule has 0 spiro atoms. The van der Waals surface area contributed by atoms with Crippen molar-refractivity contribution in [3.63, 3.8) is 0 Å². The Kier molecular flexibility index (Phi) is 6.40. The fourth-order valence-electron chi connectivity index (χ4n) is 2.40. The van der Waals surface area contributed by atoms with Crippen LogP contribution in [0.4, 0.5) is 5.82 Å². The molecule has 1 saturated heterocycles. The second kappa shape index (κ2) is 8.73. The zero-order valence-corrected chi connectivity index (χ0v) is 13.7. The molecule has 0 radical (unpaired) electrons. The van der Waals surface area contributed by atoms with E-state index in [1.165, 1.54) is 17.9 Å². The van der Waals surface area contributed by atoms with Crippen molar-refractivity contribution in [3.8, 4) is 5.82 Å². The second-order valence-electron chi connectivity index (χ2n) is 5.26. The van der Waals surface area contributed by atoms with E-state index >= 15 is 0 Å². The van der Waals surface area contributed by atoms with Crippen molar-refractivity contribution >= 4 is 18.1 Å². The van der Waals surface area contributed by atoms with Gasteiger partial charge in [0.25, 0.3) is 12.0 Å². The lowest BCUT2D eigenvalue weighted by molar-refractivity contribution is -0.123. The van der Waals surface area contributed by atoms with E-state index in [9.17, 15) is 9.59 Å². The maximum atomic E-state index is 12.3. The van der Waals surface area contributed by atoms with E-state index in [0.717, 1.165) is 18.9 Å². The fourth-order valence-corrected chi connectivity index (χ4v) is 2.40. The fraction of sp³-hybridized carbons (Fsp3) is 0.400. The number of nitrogens with zero attached hydrogens (tertiary/aromatic N) is 4. The van der Waals surface area contributed by atoms with E-state index in [4.69, 9.17) is 14.6 Å². The third-order valence-electron chi connectivity index (χ3n) is 3.49. The Hall–Kier alpha value is -3.01. The van der Waals surface area contributed by atoms with Gasteiger partial charge in [0.05, 0.1) is 13.2 Å². The third-order valence-corrected chi connectivity index (χ3v) is 3.49. The molecule has 2 N–H and O–H groups in total. The van der Waals surface area contributed by atoms with Crippen LogP contribution in [-0.2, 0) is 20.7 Å². The first-order valence-corrected chi connectivity index (χ1v) is 7.58. The summed E-state index contributed by atoms with van der Waals surface area (Å²) in [6.07, 6.45) is 3.09. The monoisotopic (exact) mass is 349 g/mol. The number of ether oxygens (including phenoxy) is 1. The van der Waals surface area contributed by atoms with Gasteiger partial charge in [-0.25, -0.2) is 14.6 Å². The first kappa shape index (κ1) is 18.3. The molecule has 10 nitrogen and oxygen atoms in total. The average Bonchev–Trinajstić information content (AvgIpc) is 2.97. The second-order valence-corrected chi connectivity index (χ2v) is 5.26. The minimum atomic E-state index is -0.262. The highest BCUT2D eigenvalue weighted by atomic mass is 16.5. The van der Waals surface area contributed by atoms with Crippen LogP contribution in [0.5, 0.6) is 0 Å². The highest BCUT2D eigenvalue weighted by molar-refractivity contribution is 5.77. The molecular weight excluding hydrogens is 330 g/mol. The molecular formula is C15H19N5O5.